The molecule has 0 atom stereocenters. The second kappa shape index (κ2) is 4.77. The van der Waals surface area contributed by atoms with Gasteiger partial charge in [-0.15, -0.1) is 0 Å². The van der Waals surface area contributed by atoms with E-state index in [0.29, 0.717) is 11.7 Å². The van der Waals surface area contributed by atoms with Gasteiger partial charge >= 0.3 is 0 Å². The molecule has 0 aliphatic carbocycles. The van der Waals surface area contributed by atoms with Crippen LogP contribution in [0.25, 0.3) is 0 Å². The molecule has 0 saturated heterocycles. The zero-order chi connectivity index (χ0) is 11.5. The minimum Gasteiger partial charge on any atom is -0.358 e. The molecule has 84 valence electrons. The number of nitrogens with two attached hydrogens (primary N) is 1. The first-order valence-corrected chi connectivity index (χ1v) is 5.21. The second-order valence-electron chi connectivity index (χ2n) is 4.42. The first-order chi connectivity index (χ1) is 6.94. The Kier molecular flexibility index (Phi) is 3.88. The highest BCUT2D eigenvalue weighted by Gasteiger charge is 2.19. The average Bonchev–Trinajstić information content (AvgIpc) is 2.17. The monoisotopic (exact) mass is 228 g/mol. The van der Waals surface area contributed by atoms with E-state index in [9.17, 15) is 0 Å². The topological polar surface area (TPSA) is 55.0 Å². The molecule has 0 aromatic carbocycles. The van der Waals surface area contributed by atoms with E-state index in [0.717, 1.165) is 12.4 Å². The van der Waals surface area contributed by atoms with Crippen LogP contribution in [0.1, 0.15) is 13.8 Å². The maximum atomic E-state index is 5.77. The molecule has 1 aromatic rings. The van der Waals surface area contributed by atoms with Crippen molar-refractivity contribution in [1.82, 2.24) is 9.97 Å². The van der Waals surface area contributed by atoms with Gasteiger partial charge in [0.15, 0.2) is 0 Å². The first-order valence-electron chi connectivity index (χ1n) is 4.83. The molecule has 15 heavy (non-hydrogen) atoms. The van der Waals surface area contributed by atoms with Gasteiger partial charge in [-0.3, -0.25) is 4.98 Å². The number of anilines is 1. The van der Waals surface area contributed by atoms with Crippen molar-refractivity contribution in [3.8, 4) is 0 Å². The van der Waals surface area contributed by atoms with E-state index in [1.807, 2.05) is 11.9 Å². The fraction of sp³-hybridized carbons (Fsp3) is 0.600. The van der Waals surface area contributed by atoms with E-state index in [1.165, 1.54) is 6.20 Å². The van der Waals surface area contributed by atoms with Crippen LogP contribution in [0.3, 0.4) is 0 Å². The second-order valence-corrected chi connectivity index (χ2v) is 4.81. The standard InChI is InChI=1S/C10H17ClN4/c1-10(2,6-12)7-15(3)9-5-13-4-8(11)14-9/h4-5H,6-7,12H2,1-3H3. The Bertz CT molecular complexity index is 327. The number of aromatic nitrogens is 2. The van der Waals surface area contributed by atoms with E-state index in [1.54, 1.807) is 6.20 Å². The summed E-state index contributed by atoms with van der Waals surface area (Å²) in [6.45, 7) is 5.67. The normalized spacial score (nSPS) is 11.5. The van der Waals surface area contributed by atoms with Crippen molar-refractivity contribution in [2.24, 2.45) is 11.1 Å². The van der Waals surface area contributed by atoms with Gasteiger partial charge in [-0.1, -0.05) is 25.4 Å². The summed E-state index contributed by atoms with van der Waals surface area (Å²) in [6.07, 6.45) is 3.21. The van der Waals surface area contributed by atoms with Crippen molar-refractivity contribution < 1.29 is 0 Å². The number of hydrogen-bond donors (Lipinski definition) is 1. The van der Waals surface area contributed by atoms with Crippen LogP contribution in [0.5, 0.6) is 0 Å². The highest BCUT2D eigenvalue weighted by molar-refractivity contribution is 6.29. The first kappa shape index (κ1) is 12.2. The van der Waals surface area contributed by atoms with Crippen molar-refractivity contribution in [2.45, 2.75) is 13.8 Å². The molecule has 0 fully saturated rings. The van der Waals surface area contributed by atoms with Gasteiger partial charge in [0.05, 0.1) is 12.4 Å². The van der Waals surface area contributed by atoms with Crippen LogP contribution in [0.4, 0.5) is 5.82 Å². The van der Waals surface area contributed by atoms with Crippen molar-refractivity contribution in [2.75, 3.05) is 25.0 Å². The molecule has 0 amide bonds. The fourth-order valence-electron chi connectivity index (χ4n) is 1.30. The molecule has 5 heteroatoms. The summed E-state index contributed by atoms with van der Waals surface area (Å²) in [7, 11) is 1.96. The van der Waals surface area contributed by atoms with Crippen molar-refractivity contribution in [1.29, 1.82) is 0 Å². The number of nitrogens with zero attached hydrogens (tertiary/aromatic N) is 3. The van der Waals surface area contributed by atoms with Crippen molar-refractivity contribution in [3.63, 3.8) is 0 Å². The third-order valence-electron chi connectivity index (χ3n) is 2.20. The van der Waals surface area contributed by atoms with Gasteiger partial charge in [0.1, 0.15) is 11.0 Å². The summed E-state index contributed by atoms with van der Waals surface area (Å²) in [5, 5.41) is 0.407. The van der Waals surface area contributed by atoms with Gasteiger partial charge in [-0.05, 0) is 12.0 Å². The van der Waals surface area contributed by atoms with Gasteiger partial charge in [0, 0.05) is 13.6 Å². The van der Waals surface area contributed by atoms with Gasteiger partial charge in [-0.25, -0.2) is 4.98 Å². The highest BCUT2D eigenvalue weighted by atomic mass is 35.5. The molecule has 1 rings (SSSR count). The maximum absolute atomic E-state index is 5.77. The van der Waals surface area contributed by atoms with Gasteiger partial charge < -0.3 is 10.6 Å². The zero-order valence-corrected chi connectivity index (χ0v) is 10.1. The molecule has 0 unspecified atom stereocenters. The van der Waals surface area contributed by atoms with Gasteiger partial charge in [0.2, 0.25) is 0 Å². The Labute approximate surface area is 95.5 Å². The van der Waals surface area contributed by atoms with E-state index < -0.39 is 0 Å². The van der Waals surface area contributed by atoms with Gasteiger partial charge in [0.25, 0.3) is 0 Å². The van der Waals surface area contributed by atoms with Crippen LogP contribution in [-0.2, 0) is 0 Å². The molecule has 0 saturated carbocycles. The fourth-order valence-corrected chi connectivity index (χ4v) is 1.45. The Hall–Kier alpha value is -0.870. The Morgan fingerprint density at radius 1 is 1.47 bits per heavy atom. The van der Waals surface area contributed by atoms with E-state index in [-0.39, 0.29) is 5.41 Å². The Balaban J connectivity index is 2.73. The van der Waals surface area contributed by atoms with Crippen LogP contribution >= 0.6 is 11.6 Å². The molecule has 0 radical (unpaired) electrons. The summed E-state index contributed by atoms with van der Waals surface area (Å²) in [6, 6.07) is 0. The van der Waals surface area contributed by atoms with Crippen molar-refractivity contribution >= 4 is 17.4 Å². The third kappa shape index (κ3) is 3.64. The molecule has 0 aliphatic heterocycles. The molecule has 0 aliphatic rings. The molecular weight excluding hydrogens is 212 g/mol. The minimum absolute atomic E-state index is 0.0543. The number of hydrogen-bond acceptors (Lipinski definition) is 4. The molecule has 0 bridgehead atoms. The summed E-state index contributed by atoms with van der Waals surface area (Å²) in [4.78, 5) is 10.2. The molecule has 1 aromatic heterocycles. The molecule has 0 spiro atoms. The molecule has 2 N–H and O–H groups in total. The Morgan fingerprint density at radius 3 is 2.67 bits per heavy atom. The van der Waals surface area contributed by atoms with Crippen LogP contribution in [0.2, 0.25) is 5.15 Å². The summed E-state index contributed by atoms with van der Waals surface area (Å²) >= 11 is 5.77. The number of halogens is 1. The van der Waals surface area contributed by atoms with Crippen LogP contribution in [0, 0.1) is 5.41 Å². The SMILES string of the molecule is CN(CC(C)(C)CN)c1cncc(Cl)n1. The van der Waals surface area contributed by atoms with Crippen LogP contribution in [-0.4, -0.2) is 30.1 Å². The van der Waals surface area contributed by atoms with Crippen LogP contribution < -0.4 is 10.6 Å². The van der Waals surface area contributed by atoms with Crippen LogP contribution in [0.15, 0.2) is 12.4 Å². The van der Waals surface area contributed by atoms with Gasteiger partial charge in [-0.2, -0.15) is 0 Å². The third-order valence-corrected chi connectivity index (χ3v) is 2.38. The number of rotatable bonds is 4. The average molecular weight is 229 g/mol. The van der Waals surface area contributed by atoms with E-state index >= 15 is 0 Å². The lowest BCUT2D eigenvalue weighted by Crippen LogP contribution is -2.37. The minimum atomic E-state index is 0.0543. The maximum Gasteiger partial charge on any atom is 0.149 e. The predicted octanol–water partition coefficient (Wildman–Crippen LogP) is 1.55. The summed E-state index contributed by atoms with van der Waals surface area (Å²) in [5.41, 5.74) is 5.73. The molecular formula is C10H17ClN4. The lowest BCUT2D eigenvalue weighted by Gasteiger charge is -2.29. The van der Waals surface area contributed by atoms with E-state index in [2.05, 4.69) is 23.8 Å². The quantitative estimate of drug-likeness (QED) is 0.850. The lowest BCUT2D eigenvalue weighted by atomic mass is 9.93. The Morgan fingerprint density at radius 2 is 2.13 bits per heavy atom. The summed E-state index contributed by atoms with van der Waals surface area (Å²) in [5.74, 6) is 0.768. The molecule has 4 nitrogen and oxygen atoms in total. The smallest absolute Gasteiger partial charge is 0.149 e. The summed E-state index contributed by atoms with van der Waals surface area (Å²) < 4.78 is 0. The highest BCUT2D eigenvalue weighted by Crippen LogP contribution is 2.18. The van der Waals surface area contributed by atoms with Crippen molar-refractivity contribution in [3.05, 3.63) is 17.5 Å². The lowest BCUT2D eigenvalue weighted by molar-refractivity contribution is 0.384. The van der Waals surface area contributed by atoms with E-state index in [4.69, 9.17) is 17.3 Å². The predicted molar refractivity (Wildman–Crippen MR) is 63.1 cm³/mol. The zero-order valence-electron chi connectivity index (χ0n) is 9.37. The molecule has 1 heterocycles. The largest absolute Gasteiger partial charge is 0.358 e.